The van der Waals surface area contributed by atoms with Crippen molar-refractivity contribution in [1.82, 2.24) is 14.7 Å². The number of hydrogen-bond donors (Lipinski definition) is 3. The lowest BCUT2D eigenvalue weighted by Gasteiger charge is -2.09. The SMILES string of the molecule is NC(=S)c1ccc(Cl)c(S(=O)(=O)NCCc2cnc[nH]2)c1. The van der Waals surface area contributed by atoms with Gasteiger partial charge in [0.05, 0.1) is 11.3 Å². The van der Waals surface area contributed by atoms with Crippen LogP contribution in [0.3, 0.4) is 0 Å². The first-order chi connectivity index (χ1) is 9.90. The topological polar surface area (TPSA) is 101 Å². The average molecular weight is 345 g/mol. The second-order valence-corrected chi connectivity index (χ2v) is 6.82. The fraction of sp³-hybridized carbons (Fsp3) is 0.167. The van der Waals surface area contributed by atoms with Crippen LogP contribution in [0.1, 0.15) is 11.3 Å². The van der Waals surface area contributed by atoms with Crippen LogP contribution in [-0.4, -0.2) is 29.9 Å². The summed E-state index contributed by atoms with van der Waals surface area (Å²) in [5, 5.41) is 0.115. The lowest BCUT2D eigenvalue weighted by atomic mass is 10.2. The van der Waals surface area contributed by atoms with Crippen LogP contribution in [0.25, 0.3) is 0 Å². The fourth-order valence-corrected chi connectivity index (χ4v) is 3.36. The van der Waals surface area contributed by atoms with Gasteiger partial charge in [-0.25, -0.2) is 18.1 Å². The van der Waals surface area contributed by atoms with Crippen molar-refractivity contribution < 1.29 is 8.42 Å². The molecular weight excluding hydrogens is 332 g/mol. The van der Waals surface area contributed by atoms with Crippen LogP contribution in [-0.2, 0) is 16.4 Å². The minimum Gasteiger partial charge on any atom is -0.389 e. The maximum Gasteiger partial charge on any atom is 0.242 e. The van der Waals surface area contributed by atoms with Gasteiger partial charge in [-0.1, -0.05) is 29.9 Å². The van der Waals surface area contributed by atoms with E-state index in [0.717, 1.165) is 5.69 Å². The Hall–Kier alpha value is -1.48. The van der Waals surface area contributed by atoms with Gasteiger partial charge in [0, 0.05) is 30.4 Å². The molecule has 0 amide bonds. The van der Waals surface area contributed by atoms with E-state index in [1.807, 2.05) is 0 Å². The second-order valence-electron chi connectivity index (χ2n) is 4.23. The van der Waals surface area contributed by atoms with Gasteiger partial charge in [-0.3, -0.25) is 0 Å². The number of imidazole rings is 1. The highest BCUT2D eigenvalue weighted by atomic mass is 35.5. The van der Waals surface area contributed by atoms with Crippen LogP contribution >= 0.6 is 23.8 Å². The van der Waals surface area contributed by atoms with Crippen molar-refractivity contribution in [3.8, 4) is 0 Å². The Morgan fingerprint density at radius 2 is 2.24 bits per heavy atom. The summed E-state index contributed by atoms with van der Waals surface area (Å²) in [5.41, 5.74) is 6.78. The second kappa shape index (κ2) is 6.52. The number of nitrogens with two attached hydrogens (primary N) is 1. The van der Waals surface area contributed by atoms with Gasteiger partial charge < -0.3 is 10.7 Å². The maximum absolute atomic E-state index is 12.3. The Kier molecular flexibility index (Phi) is 4.94. The van der Waals surface area contributed by atoms with Crippen LogP contribution in [0.15, 0.2) is 35.6 Å². The normalized spacial score (nSPS) is 11.5. The van der Waals surface area contributed by atoms with Gasteiger partial charge in [0.1, 0.15) is 9.88 Å². The van der Waals surface area contributed by atoms with E-state index in [4.69, 9.17) is 29.6 Å². The Morgan fingerprint density at radius 1 is 1.48 bits per heavy atom. The lowest BCUT2D eigenvalue weighted by Crippen LogP contribution is -2.26. The zero-order valence-corrected chi connectivity index (χ0v) is 13.2. The Bertz CT molecular complexity index is 745. The number of thiocarbonyl (C=S) groups is 1. The quantitative estimate of drug-likeness (QED) is 0.684. The summed E-state index contributed by atoms with van der Waals surface area (Å²) in [7, 11) is -3.73. The average Bonchev–Trinajstić information content (AvgIpc) is 2.91. The molecule has 9 heteroatoms. The molecule has 0 bridgehead atoms. The number of aromatic amines is 1. The maximum atomic E-state index is 12.3. The minimum absolute atomic E-state index is 0.0425. The van der Waals surface area contributed by atoms with Gasteiger partial charge in [-0.2, -0.15) is 0 Å². The molecule has 0 spiro atoms. The summed E-state index contributed by atoms with van der Waals surface area (Å²) in [6.45, 7) is 0.220. The van der Waals surface area contributed by atoms with E-state index in [0.29, 0.717) is 12.0 Å². The van der Waals surface area contributed by atoms with Crippen molar-refractivity contribution in [2.24, 2.45) is 5.73 Å². The van der Waals surface area contributed by atoms with Crippen molar-refractivity contribution in [2.75, 3.05) is 6.54 Å². The molecule has 0 unspecified atom stereocenters. The highest BCUT2D eigenvalue weighted by Crippen LogP contribution is 2.22. The molecule has 2 rings (SSSR count). The number of benzene rings is 1. The van der Waals surface area contributed by atoms with Crippen LogP contribution in [0, 0.1) is 0 Å². The van der Waals surface area contributed by atoms with Gasteiger partial charge in [0.2, 0.25) is 10.0 Å². The number of nitrogens with one attached hydrogen (secondary N) is 2. The van der Waals surface area contributed by atoms with Crippen LogP contribution in [0.2, 0.25) is 5.02 Å². The van der Waals surface area contributed by atoms with Gasteiger partial charge in [0.15, 0.2) is 0 Å². The molecule has 112 valence electrons. The third-order valence-electron chi connectivity index (χ3n) is 2.75. The number of nitrogens with zero attached hydrogens (tertiary/aromatic N) is 1. The monoisotopic (exact) mass is 344 g/mol. The van der Waals surface area contributed by atoms with E-state index in [9.17, 15) is 8.42 Å². The molecule has 0 fully saturated rings. The molecule has 1 aromatic carbocycles. The summed E-state index contributed by atoms with van der Waals surface area (Å²) in [5.74, 6) is 0. The summed E-state index contributed by atoms with van der Waals surface area (Å²) < 4.78 is 27.0. The lowest BCUT2D eigenvalue weighted by molar-refractivity contribution is 0.581. The van der Waals surface area contributed by atoms with Crippen molar-refractivity contribution >= 4 is 38.8 Å². The first-order valence-electron chi connectivity index (χ1n) is 5.96. The van der Waals surface area contributed by atoms with Gasteiger partial charge in [-0.15, -0.1) is 0 Å². The van der Waals surface area contributed by atoms with Crippen molar-refractivity contribution in [3.05, 3.63) is 47.0 Å². The molecule has 21 heavy (non-hydrogen) atoms. The van der Waals surface area contributed by atoms with E-state index in [-0.39, 0.29) is 21.5 Å². The molecule has 0 saturated carbocycles. The number of H-pyrrole nitrogens is 1. The molecule has 1 heterocycles. The van der Waals surface area contributed by atoms with E-state index in [1.165, 1.54) is 18.5 Å². The van der Waals surface area contributed by atoms with E-state index >= 15 is 0 Å². The van der Waals surface area contributed by atoms with Crippen molar-refractivity contribution in [1.29, 1.82) is 0 Å². The van der Waals surface area contributed by atoms with Gasteiger partial charge >= 0.3 is 0 Å². The smallest absolute Gasteiger partial charge is 0.242 e. The number of rotatable bonds is 6. The number of aromatic nitrogens is 2. The summed E-state index contributed by atoms with van der Waals surface area (Å²) in [6, 6.07) is 4.40. The number of halogens is 1. The van der Waals surface area contributed by atoms with Gasteiger partial charge in [0.25, 0.3) is 0 Å². The zero-order valence-electron chi connectivity index (χ0n) is 10.8. The number of sulfonamides is 1. The predicted molar refractivity (Wildman–Crippen MR) is 84.8 cm³/mol. The molecule has 0 aliphatic heterocycles. The Balaban J connectivity index is 2.15. The molecular formula is C12H13ClN4O2S2. The van der Waals surface area contributed by atoms with Gasteiger partial charge in [-0.05, 0) is 12.1 Å². The third-order valence-corrected chi connectivity index (χ3v) is 4.92. The van der Waals surface area contributed by atoms with Crippen molar-refractivity contribution in [3.63, 3.8) is 0 Å². The molecule has 0 saturated heterocycles. The molecule has 4 N–H and O–H groups in total. The molecule has 1 aromatic heterocycles. The first-order valence-corrected chi connectivity index (χ1v) is 8.23. The Labute approximate surface area is 132 Å². The third kappa shape index (κ3) is 4.01. The predicted octanol–water partition coefficient (Wildman–Crippen LogP) is 1.22. The van der Waals surface area contributed by atoms with E-state index in [2.05, 4.69) is 14.7 Å². The molecule has 0 radical (unpaired) electrons. The zero-order chi connectivity index (χ0) is 15.5. The van der Waals surface area contributed by atoms with E-state index < -0.39 is 10.0 Å². The number of hydrogen-bond acceptors (Lipinski definition) is 4. The highest BCUT2D eigenvalue weighted by Gasteiger charge is 2.18. The molecule has 0 atom stereocenters. The summed E-state index contributed by atoms with van der Waals surface area (Å²) >= 11 is 10.8. The molecule has 0 aliphatic carbocycles. The molecule has 2 aromatic rings. The molecule has 0 aliphatic rings. The van der Waals surface area contributed by atoms with Crippen LogP contribution in [0.4, 0.5) is 0 Å². The van der Waals surface area contributed by atoms with Crippen LogP contribution < -0.4 is 10.5 Å². The molecule has 6 nitrogen and oxygen atoms in total. The summed E-state index contributed by atoms with van der Waals surface area (Å²) in [4.78, 5) is 6.82. The fourth-order valence-electron chi connectivity index (χ4n) is 1.68. The highest BCUT2D eigenvalue weighted by molar-refractivity contribution is 7.89. The first kappa shape index (κ1) is 15.9. The largest absolute Gasteiger partial charge is 0.389 e. The Morgan fingerprint density at radius 3 is 2.86 bits per heavy atom. The standard InChI is InChI=1S/C12H13ClN4O2S2/c13-10-2-1-8(12(14)20)5-11(10)21(18,19)17-4-3-9-6-15-7-16-9/h1-2,5-7,17H,3-4H2,(H2,14,20)(H,15,16). The van der Waals surface area contributed by atoms with E-state index in [1.54, 1.807) is 12.3 Å². The van der Waals surface area contributed by atoms with Crippen molar-refractivity contribution in [2.45, 2.75) is 11.3 Å². The minimum atomic E-state index is -3.73. The van der Waals surface area contributed by atoms with Crippen LogP contribution in [0.5, 0.6) is 0 Å². The summed E-state index contributed by atoms with van der Waals surface area (Å²) in [6.07, 6.45) is 3.66.